The Morgan fingerprint density at radius 3 is 2.00 bits per heavy atom. The van der Waals surface area contributed by atoms with Crippen LogP contribution in [0.5, 0.6) is 0 Å². The van der Waals surface area contributed by atoms with Crippen molar-refractivity contribution in [3.8, 4) is 0 Å². The van der Waals surface area contributed by atoms with Crippen molar-refractivity contribution in [1.29, 1.82) is 0 Å². The van der Waals surface area contributed by atoms with E-state index in [4.69, 9.17) is 0 Å². The molecule has 1 aliphatic carbocycles. The van der Waals surface area contributed by atoms with Crippen molar-refractivity contribution >= 4 is 59.2 Å². The normalized spacial score (nSPS) is 17.2. The number of aliphatic imine (C=N–C) groups is 1. The van der Waals surface area contributed by atoms with E-state index in [1.54, 1.807) is 49.4 Å². The first kappa shape index (κ1) is 23.5. The number of Topliss-reactive ketones (excluding diaryl/α,β-unsaturated/α-hetero) is 1. The molecular weight excluding hydrogens is 544 g/mol. The molecule has 0 saturated heterocycles. The summed E-state index contributed by atoms with van der Waals surface area (Å²) in [6.45, 7) is 5.58. The Hall–Kier alpha value is -2.16. The standard InChI is InChI=1S/C23H20Br2N2O3S/c1-14(2)18-20(25)22(28)15(3)19(24)21(18)26-23(16-10-6-4-7-11-16)27-31(29,30)17-12-8-5-9-13-17/h4-14H,1-3H3. The minimum absolute atomic E-state index is 0.0389. The maximum atomic E-state index is 13.0. The Balaban J connectivity index is 2.29. The largest absolute Gasteiger partial charge is 0.288 e. The van der Waals surface area contributed by atoms with Crippen LogP contribution in [-0.2, 0) is 14.8 Å². The van der Waals surface area contributed by atoms with Gasteiger partial charge in [-0.05, 0) is 62.4 Å². The van der Waals surface area contributed by atoms with Crippen LogP contribution in [-0.4, -0.2) is 25.7 Å². The van der Waals surface area contributed by atoms with E-state index >= 15 is 0 Å². The van der Waals surface area contributed by atoms with Gasteiger partial charge in [-0.3, -0.25) is 4.79 Å². The van der Waals surface area contributed by atoms with E-state index in [9.17, 15) is 13.2 Å². The quantitative estimate of drug-likeness (QED) is 0.267. The lowest BCUT2D eigenvalue weighted by atomic mass is 9.90. The summed E-state index contributed by atoms with van der Waals surface area (Å²) in [4.78, 5) is 17.3. The monoisotopic (exact) mass is 562 g/mol. The zero-order chi connectivity index (χ0) is 22.8. The second-order valence-electron chi connectivity index (χ2n) is 7.18. The van der Waals surface area contributed by atoms with Gasteiger partial charge >= 0.3 is 0 Å². The summed E-state index contributed by atoms with van der Waals surface area (Å²) in [6, 6.07) is 16.9. The van der Waals surface area contributed by atoms with Gasteiger partial charge in [0, 0.05) is 11.1 Å². The minimum atomic E-state index is -4.00. The Labute approximate surface area is 199 Å². The molecule has 0 saturated carbocycles. The predicted molar refractivity (Wildman–Crippen MR) is 131 cm³/mol. The van der Waals surface area contributed by atoms with Gasteiger partial charge in [-0.2, -0.15) is 8.42 Å². The summed E-state index contributed by atoms with van der Waals surface area (Å²) in [6.07, 6.45) is 0. The molecule has 5 nitrogen and oxygen atoms in total. The maximum absolute atomic E-state index is 13.0. The third-order valence-electron chi connectivity index (χ3n) is 4.64. The van der Waals surface area contributed by atoms with Crippen LogP contribution in [0.4, 0.5) is 0 Å². The second-order valence-corrected chi connectivity index (χ2v) is 10.4. The van der Waals surface area contributed by atoms with Crippen LogP contribution in [0.1, 0.15) is 26.3 Å². The number of allylic oxidation sites excluding steroid dienone is 4. The zero-order valence-electron chi connectivity index (χ0n) is 17.1. The van der Waals surface area contributed by atoms with Crippen molar-refractivity contribution in [3.63, 3.8) is 0 Å². The average Bonchev–Trinajstić information content (AvgIpc) is 2.76. The summed E-state index contributed by atoms with van der Waals surface area (Å²) >= 11 is 6.90. The Bertz CT molecular complexity index is 1240. The molecule has 2 aromatic carbocycles. The first-order valence-electron chi connectivity index (χ1n) is 9.49. The van der Waals surface area contributed by atoms with E-state index in [-0.39, 0.29) is 22.4 Å². The van der Waals surface area contributed by atoms with Crippen LogP contribution in [0.25, 0.3) is 0 Å². The lowest BCUT2D eigenvalue weighted by Crippen LogP contribution is -2.23. The van der Waals surface area contributed by atoms with Gasteiger partial charge in [-0.1, -0.05) is 62.4 Å². The number of halogens is 2. The highest BCUT2D eigenvalue weighted by Gasteiger charge is 2.31. The molecular formula is C23H20Br2N2O3S. The molecule has 1 aliphatic rings. The lowest BCUT2D eigenvalue weighted by Gasteiger charge is -2.22. The summed E-state index contributed by atoms with van der Waals surface area (Å²) in [5.41, 5.74) is 2.19. The highest BCUT2D eigenvalue weighted by atomic mass is 79.9. The molecule has 31 heavy (non-hydrogen) atoms. The summed E-state index contributed by atoms with van der Waals surface area (Å²) in [5.74, 6) is -0.137. The van der Waals surface area contributed by atoms with Crippen molar-refractivity contribution in [2.24, 2.45) is 15.3 Å². The number of amidine groups is 1. The molecule has 0 unspecified atom stereocenters. The van der Waals surface area contributed by atoms with Gasteiger partial charge in [0.25, 0.3) is 10.0 Å². The fraction of sp³-hybridized carbons (Fsp3) is 0.174. The van der Waals surface area contributed by atoms with E-state index in [2.05, 4.69) is 41.3 Å². The average molecular weight is 564 g/mol. The SMILES string of the molecule is CC1=C(Br)C(=NC(=NS(=O)(=O)c2ccccc2)c2ccccc2)C(C(C)C)=C(Br)C1=O. The number of benzene rings is 2. The number of rotatable bonds is 4. The Morgan fingerprint density at radius 2 is 1.45 bits per heavy atom. The van der Waals surface area contributed by atoms with E-state index < -0.39 is 10.0 Å². The summed E-state index contributed by atoms with van der Waals surface area (Å²) in [5, 5.41) is 0. The van der Waals surface area contributed by atoms with Gasteiger partial charge in [0.1, 0.15) is 0 Å². The van der Waals surface area contributed by atoms with Crippen molar-refractivity contribution in [2.45, 2.75) is 25.7 Å². The van der Waals surface area contributed by atoms with E-state index in [1.165, 1.54) is 12.1 Å². The first-order valence-corrected chi connectivity index (χ1v) is 12.5. The molecule has 0 aliphatic heterocycles. The summed E-state index contributed by atoms with van der Waals surface area (Å²) in [7, 11) is -4.00. The Morgan fingerprint density at radius 1 is 0.903 bits per heavy atom. The van der Waals surface area contributed by atoms with Gasteiger partial charge in [-0.15, -0.1) is 4.40 Å². The van der Waals surface area contributed by atoms with Crippen LogP contribution in [0.15, 0.2) is 95.1 Å². The molecule has 0 amide bonds. The number of hydrogen-bond acceptors (Lipinski definition) is 3. The number of carbonyl (C=O) groups is 1. The van der Waals surface area contributed by atoms with Crippen LogP contribution < -0.4 is 0 Å². The molecule has 0 N–H and O–H groups in total. The van der Waals surface area contributed by atoms with Gasteiger partial charge in [0.2, 0.25) is 0 Å². The molecule has 0 atom stereocenters. The first-order chi connectivity index (χ1) is 14.6. The zero-order valence-corrected chi connectivity index (χ0v) is 21.1. The van der Waals surface area contributed by atoms with E-state index in [0.717, 1.165) is 0 Å². The molecule has 0 spiro atoms. The third kappa shape index (κ3) is 5.02. The number of carbonyl (C=O) groups excluding carboxylic acids is 1. The highest BCUT2D eigenvalue weighted by Crippen LogP contribution is 2.36. The fourth-order valence-corrected chi connectivity index (χ4v) is 5.42. The maximum Gasteiger partial charge on any atom is 0.284 e. The van der Waals surface area contributed by atoms with Gasteiger partial charge in [0.15, 0.2) is 11.6 Å². The van der Waals surface area contributed by atoms with Gasteiger partial charge in [0.05, 0.1) is 19.6 Å². The molecule has 0 bridgehead atoms. The molecule has 8 heteroatoms. The number of ketones is 1. The summed E-state index contributed by atoms with van der Waals surface area (Å²) < 4.78 is 31.0. The molecule has 3 rings (SSSR count). The number of sulfonamides is 1. The van der Waals surface area contributed by atoms with E-state index in [1.807, 2.05) is 19.9 Å². The minimum Gasteiger partial charge on any atom is -0.288 e. The van der Waals surface area contributed by atoms with Crippen LogP contribution in [0, 0.1) is 5.92 Å². The molecule has 2 aromatic rings. The van der Waals surface area contributed by atoms with Gasteiger partial charge in [-0.25, -0.2) is 4.99 Å². The molecule has 160 valence electrons. The van der Waals surface area contributed by atoms with Crippen LogP contribution in [0.3, 0.4) is 0 Å². The smallest absolute Gasteiger partial charge is 0.284 e. The number of nitrogens with zero attached hydrogens (tertiary/aromatic N) is 2. The van der Waals surface area contributed by atoms with Crippen LogP contribution >= 0.6 is 31.9 Å². The van der Waals surface area contributed by atoms with Crippen molar-refractivity contribution in [1.82, 2.24) is 0 Å². The Kier molecular flexibility index (Phi) is 7.24. The van der Waals surface area contributed by atoms with Crippen LogP contribution in [0.2, 0.25) is 0 Å². The van der Waals surface area contributed by atoms with Crippen molar-refractivity contribution in [3.05, 3.63) is 86.3 Å². The third-order valence-corrected chi connectivity index (χ3v) is 7.68. The highest BCUT2D eigenvalue weighted by molar-refractivity contribution is 9.12. The van der Waals surface area contributed by atoms with Crippen molar-refractivity contribution in [2.75, 3.05) is 0 Å². The second kappa shape index (κ2) is 9.54. The fourth-order valence-electron chi connectivity index (χ4n) is 3.01. The molecule has 0 radical (unpaired) electrons. The van der Waals surface area contributed by atoms with Gasteiger partial charge < -0.3 is 0 Å². The van der Waals surface area contributed by atoms with Crippen molar-refractivity contribution < 1.29 is 13.2 Å². The number of hydrogen-bond donors (Lipinski definition) is 0. The topological polar surface area (TPSA) is 75.9 Å². The molecule has 0 fully saturated rings. The lowest BCUT2D eigenvalue weighted by molar-refractivity contribution is -0.111. The molecule has 0 heterocycles. The van der Waals surface area contributed by atoms with E-state index in [0.29, 0.717) is 31.4 Å². The predicted octanol–water partition coefficient (Wildman–Crippen LogP) is 5.82. The molecule has 0 aromatic heterocycles.